The first-order valence-corrected chi connectivity index (χ1v) is 10.9. The van der Waals surface area contributed by atoms with E-state index in [0.29, 0.717) is 28.3 Å². The largest absolute Gasteiger partial charge is 0.463 e. The van der Waals surface area contributed by atoms with Crippen LogP contribution in [-0.2, 0) is 14.3 Å². The van der Waals surface area contributed by atoms with Crippen LogP contribution in [0.5, 0.6) is 0 Å². The molecule has 0 bridgehead atoms. The van der Waals surface area contributed by atoms with Crippen molar-refractivity contribution in [1.29, 1.82) is 0 Å². The number of hydrogen-bond donors (Lipinski definition) is 3. The molecular formula is C25H25N5O4. The summed E-state index contributed by atoms with van der Waals surface area (Å²) in [5.74, 6) is -1.10. The van der Waals surface area contributed by atoms with Gasteiger partial charge in [-0.2, -0.15) is 4.98 Å². The lowest BCUT2D eigenvalue weighted by atomic mass is 9.81. The molecule has 0 spiro atoms. The third-order valence-electron chi connectivity index (χ3n) is 5.49. The lowest BCUT2D eigenvalue weighted by Gasteiger charge is -2.32. The van der Waals surface area contributed by atoms with Crippen LogP contribution in [0.3, 0.4) is 0 Å². The summed E-state index contributed by atoms with van der Waals surface area (Å²) in [7, 11) is 0. The molecule has 1 atom stereocenters. The highest BCUT2D eigenvalue weighted by atomic mass is 16.5. The van der Waals surface area contributed by atoms with Crippen LogP contribution >= 0.6 is 0 Å². The van der Waals surface area contributed by atoms with Crippen molar-refractivity contribution in [3.05, 3.63) is 93.5 Å². The van der Waals surface area contributed by atoms with E-state index in [-0.39, 0.29) is 19.0 Å². The SMILES string of the molecule is CCOC(=O)C1=C(C)Nc2c(c(NCC(N)=O)nc(=O)n2-c2ccccc2)C1c1ccccc1. The van der Waals surface area contributed by atoms with E-state index in [1.54, 1.807) is 26.0 Å². The average molecular weight is 460 g/mol. The summed E-state index contributed by atoms with van der Waals surface area (Å²) in [6.45, 7) is 3.48. The van der Waals surface area contributed by atoms with Gasteiger partial charge in [-0.3, -0.25) is 4.79 Å². The molecule has 3 aromatic rings. The Morgan fingerprint density at radius 3 is 2.38 bits per heavy atom. The lowest BCUT2D eigenvalue weighted by molar-refractivity contribution is -0.138. The predicted molar refractivity (Wildman–Crippen MR) is 129 cm³/mol. The maximum absolute atomic E-state index is 13.2. The molecule has 0 saturated heterocycles. The van der Waals surface area contributed by atoms with Crippen LogP contribution in [0, 0.1) is 0 Å². The minimum atomic E-state index is -0.616. The smallest absolute Gasteiger partial charge is 0.355 e. The van der Waals surface area contributed by atoms with Crippen molar-refractivity contribution in [1.82, 2.24) is 9.55 Å². The van der Waals surface area contributed by atoms with Crippen LogP contribution in [0.1, 0.15) is 30.9 Å². The zero-order valence-electron chi connectivity index (χ0n) is 18.9. The van der Waals surface area contributed by atoms with E-state index in [9.17, 15) is 14.4 Å². The van der Waals surface area contributed by atoms with Crippen LogP contribution in [0.2, 0.25) is 0 Å². The van der Waals surface area contributed by atoms with Crippen molar-refractivity contribution in [3.63, 3.8) is 0 Å². The van der Waals surface area contributed by atoms with E-state index in [1.165, 1.54) is 4.57 Å². The Bertz CT molecular complexity index is 1320. The topological polar surface area (TPSA) is 128 Å². The summed E-state index contributed by atoms with van der Waals surface area (Å²) in [6.07, 6.45) is 0. The number of nitrogens with one attached hydrogen (secondary N) is 2. The normalized spacial score (nSPS) is 14.7. The second kappa shape index (κ2) is 9.62. The molecule has 4 rings (SSSR count). The molecule has 174 valence electrons. The molecule has 1 aliphatic rings. The minimum absolute atomic E-state index is 0.168. The number of benzene rings is 2. The van der Waals surface area contributed by atoms with Crippen molar-refractivity contribution < 1.29 is 14.3 Å². The second-order valence-electron chi connectivity index (χ2n) is 7.72. The lowest BCUT2D eigenvalue weighted by Crippen LogP contribution is -2.34. The van der Waals surface area contributed by atoms with E-state index in [1.807, 2.05) is 48.5 Å². The Balaban J connectivity index is 2.05. The van der Waals surface area contributed by atoms with E-state index in [0.717, 1.165) is 5.56 Å². The van der Waals surface area contributed by atoms with Gasteiger partial charge >= 0.3 is 11.7 Å². The first-order valence-electron chi connectivity index (χ1n) is 10.9. The highest BCUT2D eigenvalue weighted by Gasteiger charge is 2.37. The Labute approximate surface area is 196 Å². The number of ether oxygens (including phenoxy) is 1. The van der Waals surface area contributed by atoms with Gasteiger partial charge in [0.25, 0.3) is 0 Å². The number of nitrogens with zero attached hydrogens (tertiary/aromatic N) is 2. The predicted octanol–water partition coefficient (Wildman–Crippen LogP) is 2.52. The number of rotatable bonds is 7. The molecular weight excluding hydrogens is 434 g/mol. The molecule has 1 aromatic heterocycles. The number of allylic oxidation sites excluding steroid dienone is 1. The number of esters is 1. The summed E-state index contributed by atoms with van der Waals surface area (Å²) in [6, 6.07) is 18.5. The summed E-state index contributed by atoms with van der Waals surface area (Å²) in [4.78, 5) is 42.0. The Morgan fingerprint density at radius 1 is 1.12 bits per heavy atom. The summed E-state index contributed by atoms with van der Waals surface area (Å²) in [5, 5.41) is 6.11. The second-order valence-corrected chi connectivity index (χ2v) is 7.72. The van der Waals surface area contributed by atoms with E-state index >= 15 is 0 Å². The van der Waals surface area contributed by atoms with Gasteiger partial charge < -0.3 is 21.1 Å². The number of fused-ring (bicyclic) bond motifs is 1. The zero-order chi connectivity index (χ0) is 24.2. The number of hydrogen-bond acceptors (Lipinski definition) is 7. The molecule has 2 heterocycles. The van der Waals surface area contributed by atoms with Gasteiger partial charge in [-0.15, -0.1) is 0 Å². The molecule has 0 radical (unpaired) electrons. The standard InChI is InChI=1S/C25H25N5O4/c1-3-34-24(32)19-15(2)28-23-21(20(19)16-10-6-4-7-11-16)22(27-14-18(26)31)29-25(33)30(23)17-12-8-5-9-13-17/h4-13,20,28H,3,14H2,1-2H3,(H2,26,31)(H,27,29,33). The molecule has 9 heteroatoms. The zero-order valence-corrected chi connectivity index (χ0v) is 18.9. The van der Waals surface area contributed by atoms with Crippen LogP contribution in [0.15, 0.2) is 76.7 Å². The third-order valence-corrected chi connectivity index (χ3v) is 5.49. The highest BCUT2D eigenvalue weighted by Crippen LogP contribution is 2.45. The van der Waals surface area contributed by atoms with Gasteiger partial charge in [0.05, 0.1) is 30.3 Å². The maximum Gasteiger partial charge on any atom is 0.355 e. The maximum atomic E-state index is 13.2. The van der Waals surface area contributed by atoms with Gasteiger partial charge in [-0.05, 0) is 31.5 Å². The average Bonchev–Trinajstić information content (AvgIpc) is 2.83. The molecule has 0 aliphatic carbocycles. The number of carbonyl (C=O) groups excluding carboxylic acids is 2. The molecule has 34 heavy (non-hydrogen) atoms. The van der Waals surface area contributed by atoms with Gasteiger partial charge in [-0.1, -0.05) is 48.5 Å². The molecule has 1 aliphatic heterocycles. The van der Waals surface area contributed by atoms with Crippen molar-refractivity contribution in [2.45, 2.75) is 19.8 Å². The number of primary amides is 1. The molecule has 2 aromatic carbocycles. The molecule has 4 N–H and O–H groups in total. The van der Waals surface area contributed by atoms with Crippen molar-refractivity contribution >= 4 is 23.5 Å². The Morgan fingerprint density at radius 2 is 1.76 bits per heavy atom. The Hall–Kier alpha value is -4.40. The van der Waals surface area contributed by atoms with Crippen LogP contribution in [-0.4, -0.2) is 34.6 Å². The number of anilines is 2. The fourth-order valence-corrected chi connectivity index (χ4v) is 4.12. The summed E-state index contributed by atoms with van der Waals surface area (Å²) >= 11 is 0. The van der Waals surface area contributed by atoms with Gasteiger partial charge in [-0.25, -0.2) is 14.2 Å². The molecule has 9 nitrogen and oxygen atoms in total. The molecule has 1 unspecified atom stereocenters. The number of para-hydroxylation sites is 1. The van der Waals surface area contributed by atoms with E-state index in [4.69, 9.17) is 10.5 Å². The number of aromatic nitrogens is 2. The van der Waals surface area contributed by atoms with Gasteiger partial charge in [0.2, 0.25) is 5.91 Å². The highest BCUT2D eigenvalue weighted by molar-refractivity contribution is 5.95. The third kappa shape index (κ3) is 4.27. The van der Waals surface area contributed by atoms with Crippen LogP contribution < -0.4 is 22.1 Å². The van der Waals surface area contributed by atoms with E-state index in [2.05, 4.69) is 15.6 Å². The fourth-order valence-electron chi connectivity index (χ4n) is 4.12. The first-order chi connectivity index (χ1) is 16.4. The molecule has 1 amide bonds. The van der Waals surface area contributed by atoms with Crippen molar-refractivity contribution in [2.75, 3.05) is 23.8 Å². The van der Waals surface area contributed by atoms with E-state index < -0.39 is 23.5 Å². The van der Waals surface area contributed by atoms with Crippen molar-refractivity contribution in [3.8, 4) is 5.69 Å². The summed E-state index contributed by atoms with van der Waals surface area (Å²) in [5.41, 5.74) is 7.67. The number of carbonyl (C=O) groups is 2. The van der Waals surface area contributed by atoms with Crippen LogP contribution in [0.4, 0.5) is 11.6 Å². The van der Waals surface area contributed by atoms with Crippen molar-refractivity contribution in [2.24, 2.45) is 5.73 Å². The number of amides is 1. The first kappa shape index (κ1) is 22.8. The quantitative estimate of drug-likeness (QED) is 0.463. The Kier molecular flexibility index (Phi) is 6.44. The number of nitrogens with two attached hydrogens (primary N) is 1. The molecule has 0 saturated carbocycles. The minimum Gasteiger partial charge on any atom is -0.463 e. The van der Waals surface area contributed by atoms with Gasteiger partial charge in [0.1, 0.15) is 11.6 Å². The monoisotopic (exact) mass is 459 g/mol. The fraction of sp³-hybridized carbons (Fsp3) is 0.200. The van der Waals surface area contributed by atoms with Gasteiger partial charge in [0.15, 0.2) is 0 Å². The summed E-state index contributed by atoms with van der Waals surface area (Å²) < 4.78 is 6.83. The van der Waals surface area contributed by atoms with Crippen LogP contribution in [0.25, 0.3) is 5.69 Å². The van der Waals surface area contributed by atoms with Gasteiger partial charge in [0, 0.05) is 11.3 Å². The molecule has 0 fully saturated rings.